The highest BCUT2D eigenvalue weighted by Gasteiger charge is 2.34. The molecule has 0 aliphatic heterocycles. The van der Waals surface area contributed by atoms with E-state index < -0.39 is 0 Å². The minimum absolute atomic E-state index is 0.00272. The molecule has 0 spiro atoms. The van der Waals surface area contributed by atoms with Crippen LogP contribution in [0, 0.1) is 0 Å². The summed E-state index contributed by atoms with van der Waals surface area (Å²) in [4.78, 5) is 29.2. The summed E-state index contributed by atoms with van der Waals surface area (Å²) in [6.45, 7) is 4.55. The normalized spacial score (nSPS) is 12.9. The molecule has 1 saturated carbocycles. The number of aryl methyl sites for hydroxylation is 1. The SMILES string of the molecule is C=CCN(CC(=O)N(Cc1cccn1C)C1CC1)C(=O)Nc1cccc(OC)c1. The van der Waals surface area contributed by atoms with Gasteiger partial charge in [-0.25, -0.2) is 4.79 Å². The van der Waals surface area contributed by atoms with Crippen LogP contribution in [0.2, 0.25) is 0 Å². The van der Waals surface area contributed by atoms with Crippen LogP contribution in [0.1, 0.15) is 18.5 Å². The van der Waals surface area contributed by atoms with E-state index in [9.17, 15) is 9.59 Å². The van der Waals surface area contributed by atoms with Gasteiger partial charge in [0.05, 0.1) is 13.7 Å². The number of nitrogens with zero attached hydrogens (tertiary/aromatic N) is 3. The van der Waals surface area contributed by atoms with Gasteiger partial charge in [-0.15, -0.1) is 6.58 Å². The first-order valence-corrected chi connectivity index (χ1v) is 9.72. The summed E-state index contributed by atoms with van der Waals surface area (Å²) in [5.74, 6) is 0.591. The summed E-state index contributed by atoms with van der Waals surface area (Å²) in [6.07, 6.45) is 5.61. The number of rotatable bonds is 9. The standard InChI is InChI=1S/C22H28N4O3/c1-4-12-25(22(28)23-17-7-5-9-20(14-17)29-3)16-21(27)26(18-10-11-18)15-19-8-6-13-24(19)2/h4-9,13-14,18H,1,10-12,15-16H2,2-3H3,(H,23,28). The van der Waals surface area contributed by atoms with E-state index in [0.717, 1.165) is 18.5 Å². The largest absolute Gasteiger partial charge is 0.497 e. The maximum atomic E-state index is 13.0. The molecule has 1 N–H and O–H groups in total. The molecule has 3 rings (SSSR count). The number of urea groups is 1. The van der Waals surface area contributed by atoms with Gasteiger partial charge in [0, 0.05) is 43.3 Å². The van der Waals surface area contributed by atoms with E-state index in [2.05, 4.69) is 11.9 Å². The fraction of sp³-hybridized carbons (Fsp3) is 0.364. The van der Waals surface area contributed by atoms with Gasteiger partial charge in [-0.1, -0.05) is 12.1 Å². The summed E-state index contributed by atoms with van der Waals surface area (Å²) in [5, 5.41) is 2.83. The Kier molecular flexibility index (Phi) is 6.59. The topological polar surface area (TPSA) is 66.8 Å². The predicted octanol–water partition coefficient (Wildman–Crippen LogP) is 3.24. The second-order valence-electron chi connectivity index (χ2n) is 7.19. The third kappa shape index (κ3) is 5.40. The van der Waals surface area contributed by atoms with E-state index in [1.165, 1.54) is 4.90 Å². The summed E-state index contributed by atoms with van der Waals surface area (Å²) < 4.78 is 7.20. The van der Waals surface area contributed by atoms with E-state index in [-0.39, 0.29) is 31.1 Å². The highest BCUT2D eigenvalue weighted by molar-refractivity contribution is 5.92. The first-order valence-electron chi connectivity index (χ1n) is 9.72. The van der Waals surface area contributed by atoms with Crippen molar-refractivity contribution >= 4 is 17.6 Å². The van der Waals surface area contributed by atoms with E-state index in [1.807, 2.05) is 34.8 Å². The summed E-state index contributed by atoms with van der Waals surface area (Å²) in [5.41, 5.74) is 1.68. The number of aromatic nitrogens is 1. The van der Waals surface area contributed by atoms with E-state index in [0.29, 0.717) is 18.0 Å². The number of nitrogens with one attached hydrogen (secondary N) is 1. The minimum atomic E-state index is -0.346. The molecule has 1 aromatic carbocycles. The lowest BCUT2D eigenvalue weighted by Gasteiger charge is -2.27. The first kappa shape index (κ1) is 20.5. The first-order chi connectivity index (χ1) is 14.0. The molecule has 0 unspecified atom stereocenters. The predicted molar refractivity (Wildman–Crippen MR) is 113 cm³/mol. The quantitative estimate of drug-likeness (QED) is 0.662. The van der Waals surface area contributed by atoms with Crippen LogP contribution in [0.5, 0.6) is 5.75 Å². The number of ether oxygens (including phenoxy) is 1. The lowest BCUT2D eigenvalue weighted by Crippen LogP contribution is -2.45. The molecule has 29 heavy (non-hydrogen) atoms. The van der Waals surface area contributed by atoms with Gasteiger partial charge in [0.2, 0.25) is 5.91 Å². The van der Waals surface area contributed by atoms with Gasteiger partial charge in [0.15, 0.2) is 0 Å². The van der Waals surface area contributed by atoms with Crippen molar-refractivity contribution in [2.24, 2.45) is 7.05 Å². The van der Waals surface area contributed by atoms with Crippen molar-refractivity contribution in [3.63, 3.8) is 0 Å². The van der Waals surface area contributed by atoms with Gasteiger partial charge in [0.25, 0.3) is 0 Å². The van der Waals surface area contributed by atoms with Crippen molar-refractivity contribution in [3.05, 3.63) is 60.9 Å². The average Bonchev–Trinajstić information content (AvgIpc) is 3.47. The van der Waals surface area contributed by atoms with Crippen molar-refractivity contribution in [2.45, 2.75) is 25.4 Å². The zero-order valence-corrected chi connectivity index (χ0v) is 17.0. The zero-order valence-electron chi connectivity index (χ0n) is 17.0. The van der Waals surface area contributed by atoms with Gasteiger partial charge >= 0.3 is 6.03 Å². The Bertz CT molecular complexity index is 872. The maximum absolute atomic E-state index is 13.0. The Hall–Kier alpha value is -3.22. The van der Waals surface area contributed by atoms with Crippen molar-refractivity contribution < 1.29 is 14.3 Å². The van der Waals surface area contributed by atoms with Gasteiger partial charge in [0.1, 0.15) is 12.3 Å². The average molecular weight is 396 g/mol. The second-order valence-corrected chi connectivity index (χ2v) is 7.19. The Morgan fingerprint density at radius 2 is 2.10 bits per heavy atom. The zero-order chi connectivity index (χ0) is 20.8. The van der Waals surface area contributed by atoms with E-state index >= 15 is 0 Å². The molecule has 1 aliphatic carbocycles. The number of hydrogen-bond donors (Lipinski definition) is 1. The van der Waals surface area contributed by atoms with Crippen LogP contribution in [0.25, 0.3) is 0 Å². The molecule has 154 valence electrons. The van der Waals surface area contributed by atoms with Crippen LogP contribution >= 0.6 is 0 Å². The summed E-state index contributed by atoms with van der Waals surface area (Å²) in [7, 11) is 3.54. The summed E-state index contributed by atoms with van der Waals surface area (Å²) >= 11 is 0. The molecule has 0 atom stereocenters. The third-order valence-electron chi connectivity index (χ3n) is 4.98. The molecule has 1 heterocycles. The molecule has 0 bridgehead atoms. The van der Waals surface area contributed by atoms with Crippen molar-refractivity contribution in [1.82, 2.24) is 14.4 Å². The highest BCUT2D eigenvalue weighted by Crippen LogP contribution is 2.28. The van der Waals surface area contributed by atoms with Crippen LogP contribution in [-0.2, 0) is 18.4 Å². The molecular formula is C22H28N4O3. The van der Waals surface area contributed by atoms with Crippen molar-refractivity contribution in [2.75, 3.05) is 25.5 Å². The van der Waals surface area contributed by atoms with Crippen molar-refractivity contribution in [1.29, 1.82) is 0 Å². The Morgan fingerprint density at radius 1 is 1.31 bits per heavy atom. The molecule has 1 aliphatic rings. The van der Waals surface area contributed by atoms with Gasteiger partial charge in [-0.2, -0.15) is 0 Å². The smallest absolute Gasteiger partial charge is 0.322 e. The van der Waals surface area contributed by atoms with Gasteiger partial charge in [-0.05, 0) is 37.1 Å². The number of benzene rings is 1. The van der Waals surface area contributed by atoms with Gasteiger partial charge in [-0.3, -0.25) is 4.79 Å². The number of amides is 3. The lowest BCUT2D eigenvalue weighted by molar-refractivity contribution is -0.133. The van der Waals surface area contributed by atoms with E-state index in [4.69, 9.17) is 4.74 Å². The number of hydrogen-bond acceptors (Lipinski definition) is 3. The van der Waals surface area contributed by atoms with Gasteiger partial charge < -0.3 is 24.4 Å². The Morgan fingerprint density at radius 3 is 2.72 bits per heavy atom. The van der Waals surface area contributed by atoms with Crippen LogP contribution in [-0.4, -0.2) is 52.5 Å². The number of carbonyl (C=O) groups is 2. The second kappa shape index (κ2) is 9.32. The lowest BCUT2D eigenvalue weighted by atomic mass is 10.3. The molecule has 0 radical (unpaired) electrons. The molecule has 1 fully saturated rings. The van der Waals surface area contributed by atoms with Crippen LogP contribution in [0.15, 0.2) is 55.3 Å². The van der Waals surface area contributed by atoms with Crippen molar-refractivity contribution in [3.8, 4) is 5.75 Å². The van der Waals surface area contributed by atoms with E-state index in [1.54, 1.807) is 37.5 Å². The molecule has 7 heteroatoms. The molecule has 7 nitrogen and oxygen atoms in total. The van der Waals surface area contributed by atoms with Crippen LogP contribution in [0.3, 0.4) is 0 Å². The number of methoxy groups -OCH3 is 1. The molecular weight excluding hydrogens is 368 g/mol. The molecule has 2 aromatic rings. The Labute approximate surface area is 171 Å². The monoisotopic (exact) mass is 396 g/mol. The number of carbonyl (C=O) groups excluding carboxylic acids is 2. The summed E-state index contributed by atoms with van der Waals surface area (Å²) in [6, 6.07) is 11.0. The highest BCUT2D eigenvalue weighted by atomic mass is 16.5. The number of anilines is 1. The van der Waals surface area contributed by atoms with Crippen LogP contribution < -0.4 is 10.1 Å². The fourth-order valence-corrected chi connectivity index (χ4v) is 3.17. The minimum Gasteiger partial charge on any atom is -0.497 e. The maximum Gasteiger partial charge on any atom is 0.322 e. The Balaban J connectivity index is 1.67. The third-order valence-corrected chi connectivity index (χ3v) is 4.98. The van der Waals surface area contributed by atoms with Crippen LogP contribution in [0.4, 0.5) is 10.5 Å². The fourth-order valence-electron chi connectivity index (χ4n) is 3.17. The molecule has 1 aromatic heterocycles. The molecule has 0 saturated heterocycles. The molecule has 3 amide bonds.